The maximum Gasteiger partial charge on any atom is 0.193 e. The van der Waals surface area contributed by atoms with Crippen LogP contribution < -0.4 is 15.4 Å². The van der Waals surface area contributed by atoms with Crippen molar-refractivity contribution in [1.82, 2.24) is 10.3 Å². The molecule has 0 spiro atoms. The molecule has 1 unspecified atom stereocenters. The fourth-order valence-electron chi connectivity index (χ4n) is 3.06. The summed E-state index contributed by atoms with van der Waals surface area (Å²) in [5, 5.41) is 14.6. The predicted octanol–water partition coefficient (Wildman–Crippen LogP) is 4.12. The number of nitrogens with one attached hydrogen (secondary N) is 3. The Morgan fingerprint density at radius 3 is 2.48 bits per heavy atom. The normalized spacial score (nSPS) is 12.0. The Hall–Kier alpha value is -4.00. The van der Waals surface area contributed by atoms with Gasteiger partial charge in [-0.25, -0.2) is 4.39 Å². The number of methoxy groups -OCH3 is 1. The van der Waals surface area contributed by atoms with E-state index in [1.807, 2.05) is 18.2 Å². The van der Waals surface area contributed by atoms with Gasteiger partial charge in [0.05, 0.1) is 36.5 Å². The van der Waals surface area contributed by atoms with Crippen LogP contribution in [0.4, 0.5) is 10.1 Å². The number of benzene rings is 2. The standard InChI is InChI=1S/C24H23FN4O2/c1-27-15-21(22(26)16-6-4-3-5-7-16)24(30)23(17-8-10-18(25)11-9-17)29-19-12-20(31-2)14-28-13-19/h3-15,23,26-27,29H,1-2H3/b21-15+,26-22?. The van der Waals surface area contributed by atoms with Crippen LogP contribution in [0, 0.1) is 11.2 Å². The van der Waals surface area contributed by atoms with Crippen LogP contribution in [0.5, 0.6) is 5.75 Å². The third-order valence-corrected chi connectivity index (χ3v) is 4.61. The largest absolute Gasteiger partial charge is 0.495 e. The molecule has 0 amide bonds. The minimum absolute atomic E-state index is 0.0811. The highest BCUT2D eigenvalue weighted by molar-refractivity contribution is 6.29. The number of hydrogen-bond acceptors (Lipinski definition) is 6. The molecule has 0 radical (unpaired) electrons. The molecule has 7 heteroatoms. The maximum absolute atomic E-state index is 13.6. The van der Waals surface area contributed by atoms with E-state index >= 15 is 0 Å². The first-order chi connectivity index (χ1) is 15.0. The number of anilines is 1. The molecule has 0 fully saturated rings. The molecule has 0 aliphatic heterocycles. The lowest BCUT2D eigenvalue weighted by molar-refractivity contribution is -0.115. The fraction of sp³-hybridized carbons (Fsp3) is 0.125. The van der Waals surface area contributed by atoms with E-state index in [1.54, 1.807) is 49.8 Å². The van der Waals surface area contributed by atoms with E-state index in [9.17, 15) is 9.18 Å². The molecule has 31 heavy (non-hydrogen) atoms. The first-order valence-electron chi connectivity index (χ1n) is 9.60. The first kappa shape index (κ1) is 21.7. The van der Waals surface area contributed by atoms with Gasteiger partial charge in [-0.05, 0) is 17.7 Å². The quantitative estimate of drug-likeness (QED) is 0.359. The Morgan fingerprint density at radius 1 is 1.13 bits per heavy atom. The smallest absolute Gasteiger partial charge is 0.193 e. The van der Waals surface area contributed by atoms with Gasteiger partial charge in [-0.15, -0.1) is 0 Å². The Balaban J connectivity index is 2.01. The van der Waals surface area contributed by atoms with Crippen molar-refractivity contribution < 1.29 is 13.9 Å². The fourth-order valence-corrected chi connectivity index (χ4v) is 3.06. The second-order valence-corrected chi connectivity index (χ2v) is 6.69. The lowest BCUT2D eigenvalue weighted by Crippen LogP contribution is -2.27. The van der Waals surface area contributed by atoms with Crippen molar-refractivity contribution in [3.05, 3.63) is 102 Å². The van der Waals surface area contributed by atoms with Crippen LogP contribution in [0.1, 0.15) is 17.2 Å². The number of ketones is 1. The number of pyridine rings is 1. The topological polar surface area (TPSA) is 87.1 Å². The Morgan fingerprint density at radius 2 is 1.84 bits per heavy atom. The maximum atomic E-state index is 13.6. The summed E-state index contributed by atoms with van der Waals surface area (Å²) in [7, 11) is 3.19. The number of carbonyl (C=O) groups is 1. The molecule has 158 valence electrons. The van der Waals surface area contributed by atoms with Gasteiger partial charge in [-0.2, -0.15) is 0 Å². The molecule has 0 saturated heterocycles. The lowest BCUT2D eigenvalue weighted by atomic mass is 9.92. The van der Waals surface area contributed by atoms with E-state index in [-0.39, 0.29) is 17.1 Å². The molecule has 3 rings (SSSR count). The summed E-state index contributed by atoms with van der Waals surface area (Å²) >= 11 is 0. The first-order valence-corrected chi connectivity index (χ1v) is 9.60. The summed E-state index contributed by atoms with van der Waals surface area (Å²) < 4.78 is 18.7. The second kappa shape index (κ2) is 10.2. The molecule has 0 bridgehead atoms. The van der Waals surface area contributed by atoms with E-state index in [2.05, 4.69) is 15.6 Å². The molecular weight excluding hydrogens is 395 g/mol. The molecule has 0 aliphatic carbocycles. The zero-order valence-corrected chi connectivity index (χ0v) is 17.2. The van der Waals surface area contributed by atoms with Crippen LogP contribution in [-0.4, -0.2) is 30.6 Å². The highest BCUT2D eigenvalue weighted by atomic mass is 19.1. The number of aromatic nitrogens is 1. The minimum atomic E-state index is -0.877. The van der Waals surface area contributed by atoms with Crippen LogP contribution in [0.15, 0.2) is 84.8 Å². The molecule has 0 saturated carbocycles. The number of nitrogens with zero attached hydrogens (tertiary/aromatic N) is 1. The molecule has 3 N–H and O–H groups in total. The molecule has 3 aromatic rings. The number of ether oxygens (including phenoxy) is 1. The van der Waals surface area contributed by atoms with Gasteiger partial charge in [0.25, 0.3) is 0 Å². The predicted molar refractivity (Wildman–Crippen MR) is 119 cm³/mol. The van der Waals surface area contributed by atoms with Crippen molar-refractivity contribution in [1.29, 1.82) is 5.41 Å². The molecule has 1 atom stereocenters. The van der Waals surface area contributed by atoms with Gasteiger partial charge in [0.15, 0.2) is 5.78 Å². The minimum Gasteiger partial charge on any atom is -0.495 e. The number of rotatable bonds is 9. The van der Waals surface area contributed by atoms with E-state index in [1.165, 1.54) is 25.4 Å². The second-order valence-electron chi connectivity index (χ2n) is 6.69. The Bertz CT molecular complexity index is 1080. The van der Waals surface area contributed by atoms with Crippen molar-refractivity contribution in [2.45, 2.75) is 6.04 Å². The summed E-state index contributed by atoms with van der Waals surface area (Å²) in [4.78, 5) is 17.7. The average molecular weight is 418 g/mol. The van der Waals surface area contributed by atoms with Crippen LogP contribution in [-0.2, 0) is 4.79 Å². The summed E-state index contributed by atoms with van der Waals surface area (Å²) in [5.74, 6) is -0.225. The molecule has 1 heterocycles. The van der Waals surface area contributed by atoms with Gasteiger partial charge in [0.2, 0.25) is 0 Å². The third-order valence-electron chi connectivity index (χ3n) is 4.61. The van der Waals surface area contributed by atoms with Crippen LogP contribution in [0.2, 0.25) is 0 Å². The number of hydrogen-bond donors (Lipinski definition) is 3. The number of halogens is 1. The molecule has 2 aromatic carbocycles. The zero-order valence-electron chi connectivity index (χ0n) is 17.2. The molecule has 0 aliphatic rings. The lowest BCUT2D eigenvalue weighted by Gasteiger charge is -2.21. The summed E-state index contributed by atoms with van der Waals surface area (Å²) in [6.45, 7) is 0. The summed E-state index contributed by atoms with van der Waals surface area (Å²) in [6, 6.07) is 15.5. The highest BCUT2D eigenvalue weighted by Gasteiger charge is 2.27. The van der Waals surface area contributed by atoms with E-state index in [4.69, 9.17) is 10.1 Å². The van der Waals surface area contributed by atoms with Gasteiger partial charge in [-0.1, -0.05) is 42.5 Å². The molecular formula is C24H23FN4O2. The van der Waals surface area contributed by atoms with Gasteiger partial charge < -0.3 is 15.4 Å². The van der Waals surface area contributed by atoms with Crippen molar-refractivity contribution in [3.8, 4) is 5.75 Å². The monoisotopic (exact) mass is 418 g/mol. The summed E-state index contributed by atoms with van der Waals surface area (Å²) in [6.07, 6.45) is 4.62. The van der Waals surface area contributed by atoms with E-state index in [0.717, 1.165) is 0 Å². The highest BCUT2D eigenvalue weighted by Crippen LogP contribution is 2.26. The van der Waals surface area contributed by atoms with Crippen LogP contribution in [0.25, 0.3) is 0 Å². The SMILES string of the molecule is CN/C=C(\C(=N)c1ccccc1)C(=O)C(Nc1cncc(OC)c1)c1ccc(F)cc1. The van der Waals surface area contributed by atoms with E-state index < -0.39 is 11.9 Å². The van der Waals surface area contributed by atoms with Crippen LogP contribution in [0.3, 0.4) is 0 Å². The summed E-state index contributed by atoms with van der Waals surface area (Å²) in [5.41, 5.74) is 1.98. The zero-order chi connectivity index (χ0) is 22.2. The van der Waals surface area contributed by atoms with Gasteiger partial charge in [0.1, 0.15) is 17.6 Å². The van der Waals surface area contributed by atoms with Gasteiger partial charge in [0, 0.05) is 24.9 Å². The van der Waals surface area contributed by atoms with Crippen molar-refractivity contribution in [3.63, 3.8) is 0 Å². The Kier molecular flexibility index (Phi) is 7.11. The van der Waals surface area contributed by atoms with Crippen molar-refractivity contribution in [2.24, 2.45) is 0 Å². The number of Topliss-reactive ketones (excluding diaryl/α,β-unsaturated/α-hetero) is 1. The van der Waals surface area contributed by atoms with Gasteiger partial charge in [-0.3, -0.25) is 15.2 Å². The Labute approximate surface area is 180 Å². The van der Waals surface area contributed by atoms with Crippen molar-refractivity contribution in [2.75, 3.05) is 19.5 Å². The van der Waals surface area contributed by atoms with Gasteiger partial charge >= 0.3 is 0 Å². The van der Waals surface area contributed by atoms with Crippen molar-refractivity contribution >= 4 is 17.2 Å². The van der Waals surface area contributed by atoms with Crippen LogP contribution >= 0.6 is 0 Å². The van der Waals surface area contributed by atoms with E-state index in [0.29, 0.717) is 22.6 Å². The molecule has 1 aromatic heterocycles. The molecule has 6 nitrogen and oxygen atoms in total. The number of carbonyl (C=O) groups excluding carboxylic acids is 1. The third kappa shape index (κ3) is 5.33. The average Bonchev–Trinajstić information content (AvgIpc) is 2.81.